The average Bonchev–Trinajstić information content (AvgIpc) is 3.28. The molecule has 1 aliphatic heterocycles. The highest BCUT2D eigenvalue weighted by Gasteiger charge is 2.30. The molecule has 2 aromatic rings. The average molecular weight is 363 g/mol. The maximum absolute atomic E-state index is 12.3. The molecule has 3 rings (SSSR count). The molecule has 11 nitrogen and oxygen atoms in total. The van der Waals surface area contributed by atoms with E-state index >= 15 is 0 Å². The molecule has 1 saturated heterocycles. The number of rotatable bonds is 5. The molecule has 1 N–H and O–H groups in total. The number of furan rings is 1. The highest BCUT2D eigenvalue weighted by atomic mass is 16.6. The van der Waals surface area contributed by atoms with Crippen molar-refractivity contribution in [3.05, 3.63) is 39.7 Å². The number of amides is 2. The zero-order valence-electron chi connectivity index (χ0n) is 14.0. The second-order valence-corrected chi connectivity index (χ2v) is 5.91. The first-order valence-corrected chi connectivity index (χ1v) is 8.04. The molecule has 2 amide bonds. The van der Waals surface area contributed by atoms with Gasteiger partial charge in [0.25, 0.3) is 5.91 Å². The van der Waals surface area contributed by atoms with Crippen molar-refractivity contribution in [2.24, 2.45) is 5.92 Å². The topological polar surface area (TPSA) is 145 Å². The Kier molecular flexibility index (Phi) is 4.96. The van der Waals surface area contributed by atoms with Crippen LogP contribution < -0.4 is 5.32 Å². The van der Waals surface area contributed by atoms with Crippen LogP contribution in [0.1, 0.15) is 35.1 Å². The minimum absolute atomic E-state index is 0.0774. The van der Waals surface area contributed by atoms with E-state index in [4.69, 9.17) is 8.94 Å². The van der Waals surface area contributed by atoms with Crippen LogP contribution in [0.2, 0.25) is 0 Å². The summed E-state index contributed by atoms with van der Waals surface area (Å²) in [6.07, 6.45) is 0.979. The summed E-state index contributed by atoms with van der Waals surface area (Å²) in [6.45, 7) is 2.58. The Morgan fingerprint density at radius 3 is 2.69 bits per heavy atom. The van der Waals surface area contributed by atoms with Crippen LogP contribution in [-0.2, 0) is 11.3 Å². The predicted octanol–water partition coefficient (Wildman–Crippen LogP) is 1.05. The van der Waals surface area contributed by atoms with Crippen LogP contribution in [0.3, 0.4) is 0 Å². The number of likely N-dealkylation sites (tertiary alicyclic amines) is 1. The van der Waals surface area contributed by atoms with Gasteiger partial charge in [0.2, 0.25) is 11.8 Å². The van der Waals surface area contributed by atoms with E-state index in [-0.39, 0.29) is 24.1 Å². The molecule has 0 unspecified atom stereocenters. The van der Waals surface area contributed by atoms with Crippen molar-refractivity contribution < 1.29 is 23.5 Å². The molecule has 0 bridgehead atoms. The van der Waals surface area contributed by atoms with Gasteiger partial charge in [-0.2, -0.15) is 4.98 Å². The van der Waals surface area contributed by atoms with Crippen LogP contribution in [0.5, 0.6) is 0 Å². The summed E-state index contributed by atoms with van der Waals surface area (Å²) in [5.74, 6) is -0.499. The van der Waals surface area contributed by atoms with Gasteiger partial charge in [-0.05, 0) is 25.8 Å². The molecule has 0 spiro atoms. The lowest BCUT2D eigenvalue weighted by molar-refractivity contribution is -0.402. The lowest BCUT2D eigenvalue weighted by Crippen LogP contribution is -2.42. The van der Waals surface area contributed by atoms with Gasteiger partial charge in [0, 0.05) is 19.0 Å². The van der Waals surface area contributed by atoms with Crippen LogP contribution >= 0.6 is 0 Å². The Labute approximate surface area is 147 Å². The Hall–Kier alpha value is -3.24. The third-order valence-electron chi connectivity index (χ3n) is 4.12. The fourth-order valence-electron chi connectivity index (χ4n) is 2.76. The Morgan fingerprint density at radius 2 is 2.12 bits per heavy atom. The van der Waals surface area contributed by atoms with E-state index in [2.05, 4.69) is 15.5 Å². The molecule has 0 saturated carbocycles. The first kappa shape index (κ1) is 17.6. The summed E-state index contributed by atoms with van der Waals surface area (Å²) >= 11 is 0. The lowest BCUT2D eigenvalue weighted by Gasteiger charge is -2.30. The van der Waals surface area contributed by atoms with Crippen molar-refractivity contribution in [3.8, 4) is 0 Å². The third kappa shape index (κ3) is 3.87. The quantitative estimate of drug-likeness (QED) is 0.613. The van der Waals surface area contributed by atoms with Crippen LogP contribution in [0.4, 0.5) is 5.88 Å². The van der Waals surface area contributed by atoms with Gasteiger partial charge < -0.3 is 19.2 Å². The first-order valence-electron chi connectivity index (χ1n) is 8.04. The number of nitrogens with one attached hydrogen (secondary N) is 1. The fraction of sp³-hybridized carbons (Fsp3) is 0.467. The zero-order chi connectivity index (χ0) is 18.7. The number of nitrogens with zero attached hydrogens (tertiary/aromatic N) is 4. The lowest BCUT2D eigenvalue weighted by atomic mass is 9.95. The van der Waals surface area contributed by atoms with E-state index in [1.165, 1.54) is 11.0 Å². The molecule has 0 aromatic carbocycles. The maximum atomic E-state index is 12.3. The Balaban J connectivity index is 1.49. The molecule has 0 aliphatic carbocycles. The molecule has 1 fully saturated rings. The first-order chi connectivity index (χ1) is 12.4. The molecule has 0 atom stereocenters. The van der Waals surface area contributed by atoms with Gasteiger partial charge in [-0.1, -0.05) is 5.16 Å². The second kappa shape index (κ2) is 7.33. The number of aryl methyl sites for hydroxylation is 1. The summed E-state index contributed by atoms with van der Waals surface area (Å²) in [6, 6.07) is 2.43. The largest absolute Gasteiger partial charge is 0.433 e. The van der Waals surface area contributed by atoms with Gasteiger partial charge in [-0.15, -0.1) is 0 Å². The number of carbonyl (C=O) groups excluding carboxylic acids is 2. The van der Waals surface area contributed by atoms with Crippen molar-refractivity contribution in [3.63, 3.8) is 0 Å². The van der Waals surface area contributed by atoms with Crippen LogP contribution in [0, 0.1) is 23.0 Å². The molecule has 3 heterocycles. The standard InChI is InChI=1S/C15H17N5O6/c1-9-17-12(26-18-9)8-16-14(21)10-4-6-19(7-5-10)15(22)11-2-3-13(25-11)20(23)24/h2-3,10H,4-8H2,1H3,(H,16,21). The van der Waals surface area contributed by atoms with E-state index in [9.17, 15) is 19.7 Å². The van der Waals surface area contributed by atoms with Crippen LogP contribution in [-0.4, -0.2) is 44.9 Å². The number of nitro groups is 1. The summed E-state index contributed by atoms with van der Waals surface area (Å²) < 4.78 is 9.86. The normalized spacial score (nSPS) is 15.0. The van der Waals surface area contributed by atoms with Crippen molar-refractivity contribution in [1.29, 1.82) is 0 Å². The number of aromatic nitrogens is 2. The number of hydrogen-bond acceptors (Lipinski definition) is 8. The summed E-state index contributed by atoms with van der Waals surface area (Å²) in [4.78, 5) is 40.0. The molecule has 1 aliphatic rings. The highest BCUT2D eigenvalue weighted by molar-refractivity contribution is 5.92. The second-order valence-electron chi connectivity index (χ2n) is 5.91. The van der Waals surface area contributed by atoms with Crippen LogP contribution in [0.25, 0.3) is 0 Å². The molecule has 11 heteroatoms. The zero-order valence-corrected chi connectivity index (χ0v) is 14.0. The van der Waals surface area contributed by atoms with E-state index in [0.29, 0.717) is 37.6 Å². The fourth-order valence-corrected chi connectivity index (χ4v) is 2.76. The van der Waals surface area contributed by atoms with E-state index < -0.39 is 16.7 Å². The number of piperidine rings is 1. The monoisotopic (exact) mass is 363 g/mol. The van der Waals surface area contributed by atoms with E-state index in [0.717, 1.165) is 6.07 Å². The van der Waals surface area contributed by atoms with Crippen molar-refractivity contribution in [2.45, 2.75) is 26.3 Å². The van der Waals surface area contributed by atoms with Gasteiger partial charge >= 0.3 is 5.88 Å². The summed E-state index contributed by atoms with van der Waals surface area (Å²) in [7, 11) is 0. The van der Waals surface area contributed by atoms with Gasteiger partial charge in [-0.25, -0.2) is 0 Å². The predicted molar refractivity (Wildman–Crippen MR) is 84.9 cm³/mol. The molecular formula is C15H17N5O6. The summed E-state index contributed by atoms with van der Waals surface area (Å²) in [5.41, 5.74) is 0. The van der Waals surface area contributed by atoms with Gasteiger partial charge in [0.1, 0.15) is 4.92 Å². The maximum Gasteiger partial charge on any atom is 0.433 e. The molecule has 2 aromatic heterocycles. The molecule has 26 heavy (non-hydrogen) atoms. The van der Waals surface area contributed by atoms with E-state index in [1.54, 1.807) is 6.92 Å². The Morgan fingerprint density at radius 1 is 1.38 bits per heavy atom. The van der Waals surface area contributed by atoms with Crippen LogP contribution in [0.15, 0.2) is 21.1 Å². The Bertz CT molecular complexity index is 820. The van der Waals surface area contributed by atoms with E-state index in [1.807, 2.05) is 0 Å². The van der Waals surface area contributed by atoms with Gasteiger partial charge in [0.05, 0.1) is 12.6 Å². The minimum atomic E-state index is -0.696. The van der Waals surface area contributed by atoms with Gasteiger partial charge in [0.15, 0.2) is 11.6 Å². The van der Waals surface area contributed by atoms with Gasteiger partial charge in [-0.3, -0.25) is 19.7 Å². The molecular weight excluding hydrogens is 346 g/mol. The van der Waals surface area contributed by atoms with Crippen molar-refractivity contribution >= 4 is 17.7 Å². The minimum Gasteiger partial charge on any atom is -0.395 e. The van der Waals surface area contributed by atoms with Crippen molar-refractivity contribution in [2.75, 3.05) is 13.1 Å². The smallest absolute Gasteiger partial charge is 0.395 e. The molecule has 0 radical (unpaired) electrons. The number of hydrogen-bond donors (Lipinski definition) is 1. The highest BCUT2D eigenvalue weighted by Crippen LogP contribution is 2.22. The van der Waals surface area contributed by atoms with Crippen molar-refractivity contribution in [1.82, 2.24) is 20.4 Å². The third-order valence-corrected chi connectivity index (χ3v) is 4.12. The number of carbonyl (C=O) groups is 2. The SMILES string of the molecule is Cc1noc(CNC(=O)C2CCN(C(=O)c3ccc([N+](=O)[O-])o3)CC2)n1. The summed E-state index contributed by atoms with van der Waals surface area (Å²) in [5, 5.41) is 17.0. The molecule has 138 valence electrons.